The quantitative estimate of drug-likeness (QED) is 0.838. The lowest BCUT2D eigenvalue weighted by Gasteiger charge is -2.08. The summed E-state index contributed by atoms with van der Waals surface area (Å²) in [5, 5.41) is 8.72. The summed E-state index contributed by atoms with van der Waals surface area (Å²) in [6, 6.07) is 3.48. The van der Waals surface area contributed by atoms with Crippen LogP contribution in [0.15, 0.2) is 23.1 Å². The summed E-state index contributed by atoms with van der Waals surface area (Å²) in [5.74, 6) is -1.19. The van der Waals surface area contributed by atoms with E-state index in [1.54, 1.807) is 6.92 Å². The molecule has 1 aromatic rings. The highest BCUT2D eigenvalue weighted by Gasteiger charge is 2.19. The van der Waals surface area contributed by atoms with E-state index in [-0.39, 0.29) is 22.8 Å². The molecule has 0 aromatic heterocycles. The number of carbonyl (C=O) groups is 1. The van der Waals surface area contributed by atoms with Crippen LogP contribution in [0.25, 0.3) is 0 Å². The van der Waals surface area contributed by atoms with Crippen LogP contribution in [0.1, 0.15) is 17.3 Å². The Hall–Kier alpha value is -1.27. The number of hydrogen-bond donors (Lipinski definition) is 1. The van der Waals surface area contributed by atoms with E-state index in [0.29, 0.717) is 0 Å². The van der Waals surface area contributed by atoms with Gasteiger partial charge in [-0.05, 0) is 25.1 Å². The van der Waals surface area contributed by atoms with E-state index < -0.39 is 15.0 Å². The fourth-order valence-corrected chi connectivity index (χ4v) is 2.10. The fourth-order valence-electron chi connectivity index (χ4n) is 1.11. The number of carboxylic acid groups (broad SMARTS) is 1. The van der Waals surface area contributed by atoms with Crippen LogP contribution in [0.5, 0.6) is 5.75 Å². The maximum Gasteiger partial charge on any atom is 0.335 e. The van der Waals surface area contributed by atoms with Gasteiger partial charge >= 0.3 is 5.97 Å². The van der Waals surface area contributed by atoms with Gasteiger partial charge in [-0.15, -0.1) is 0 Å². The monoisotopic (exact) mass is 264 g/mol. The number of ether oxygens (including phenoxy) is 1. The molecular formula is C9H9ClO5S. The zero-order chi connectivity index (χ0) is 12.3. The van der Waals surface area contributed by atoms with Crippen molar-refractivity contribution >= 4 is 25.7 Å². The predicted octanol–water partition coefficient (Wildman–Crippen LogP) is 1.71. The van der Waals surface area contributed by atoms with Gasteiger partial charge in [-0.3, -0.25) is 0 Å². The van der Waals surface area contributed by atoms with E-state index in [1.165, 1.54) is 12.1 Å². The second-order valence-electron chi connectivity index (χ2n) is 2.84. The van der Waals surface area contributed by atoms with Crippen molar-refractivity contribution < 1.29 is 23.1 Å². The summed E-state index contributed by atoms with van der Waals surface area (Å²) in [6.07, 6.45) is 0. The Labute approximate surface area is 97.0 Å². The van der Waals surface area contributed by atoms with Gasteiger partial charge in [0.15, 0.2) is 0 Å². The standard InChI is InChI=1S/C9H9ClO5S/c1-2-15-7-4-3-6(9(11)12)5-8(7)16(10,13)14/h3-5H,2H2,1H3,(H,11,12). The van der Waals surface area contributed by atoms with Crippen molar-refractivity contribution in [2.45, 2.75) is 11.8 Å². The molecule has 0 heterocycles. The first kappa shape index (κ1) is 12.8. The van der Waals surface area contributed by atoms with E-state index in [1.807, 2.05) is 0 Å². The molecule has 0 aliphatic heterocycles. The van der Waals surface area contributed by atoms with Gasteiger partial charge in [0.25, 0.3) is 9.05 Å². The van der Waals surface area contributed by atoms with Crippen molar-refractivity contribution in [2.24, 2.45) is 0 Å². The second-order valence-corrected chi connectivity index (χ2v) is 5.37. The van der Waals surface area contributed by atoms with Crippen LogP contribution in [0.4, 0.5) is 0 Å². The minimum Gasteiger partial charge on any atom is -0.492 e. The van der Waals surface area contributed by atoms with Gasteiger partial charge in [0, 0.05) is 10.7 Å². The first-order valence-corrected chi connectivity index (χ1v) is 6.62. The molecule has 0 unspecified atom stereocenters. The summed E-state index contributed by atoms with van der Waals surface area (Å²) in [4.78, 5) is 10.3. The third kappa shape index (κ3) is 2.86. The molecular weight excluding hydrogens is 256 g/mol. The zero-order valence-electron chi connectivity index (χ0n) is 8.31. The van der Waals surface area contributed by atoms with Crippen LogP contribution in [0, 0.1) is 0 Å². The van der Waals surface area contributed by atoms with Crippen LogP contribution in [0.2, 0.25) is 0 Å². The van der Waals surface area contributed by atoms with Gasteiger partial charge in [-0.25, -0.2) is 13.2 Å². The van der Waals surface area contributed by atoms with Crippen LogP contribution in [0.3, 0.4) is 0 Å². The summed E-state index contributed by atoms with van der Waals surface area (Å²) < 4.78 is 27.4. The van der Waals surface area contributed by atoms with E-state index in [2.05, 4.69) is 0 Å². The molecule has 0 aliphatic rings. The molecule has 16 heavy (non-hydrogen) atoms. The predicted molar refractivity (Wildman–Crippen MR) is 57.6 cm³/mol. The minimum atomic E-state index is -4.03. The van der Waals surface area contributed by atoms with Crippen molar-refractivity contribution in [2.75, 3.05) is 6.61 Å². The number of aromatic carboxylic acids is 1. The molecule has 0 saturated heterocycles. The Morgan fingerprint density at radius 1 is 1.50 bits per heavy atom. The van der Waals surface area contributed by atoms with Crippen molar-refractivity contribution in [3.05, 3.63) is 23.8 Å². The Balaban J connectivity index is 3.39. The number of carboxylic acids is 1. The van der Waals surface area contributed by atoms with Gasteiger partial charge in [0.1, 0.15) is 10.6 Å². The van der Waals surface area contributed by atoms with Gasteiger partial charge < -0.3 is 9.84 Å². The van der Waals surface area contributed by atoms with Crippen LogP contribution >= 0.6 is 10.7 Å². The summed E-state index contributed by atoms with van der Waals surface area (Å²) in [7, 11) is 1.15. The molecule has 1 aromatic carbocycles. The maximum absolute atomic E-state index is 11.2. The second kappa shape index (κ2) is 4.71. The van der Waals surface area contributed by atoms with Gasteiger partial charge in [-0.2, -0.15) is 0 Å². The topological polar surface area (TPSA) is 80.7 Å². The largest absolute Gasteiger partial charge is 0.492 e. The molecule has 0 bridgehead atoms. The van der Waals surface area contributed by atoms with Gasteiger partial charge in [0.05, 0.1) is 12.2 Å². The average molecular weight is 265 g/mol. The molecule has 88 valence electrons. The van der Waals surface area contributed by atoms with Gasteiger partial charge in [0.2, 0.25) is 0 Å². The molecule has 0 spiro atoms. The Bertz CT molecular complexity index is 509. The molecule has 0 amide bonds. The number of halogens is 1. The molecule has 0 aliphatic carbocycles. The van der Waals surface area contributed by atoms with Crippen molar-refractivity contribution in [1.29, 1.82) is 0 Å². The smallest absolute Gasteiger partial charge is 0.335 e. The molecule has 0 fully saturated rings. The SMILES string of the molecule is CCOc1ccc(C(=O)O)cc1S(=O)(=O)Cl. The van der Waals surface area contributed by atoms with Crippen LogP contribution in [-0.4, -0.2) is 26.1 Å². The lowest BCUT2D eigenvalue weighted by atomic mass is 10.2. The zero-order valence-corrected chi connectivity index (χ0v) is 9.88. The van der Waals surface area contributed by atoms with E-state index in [4.69, 9.17) is 20.5 Å². The first-order chi connectivity index (χ1) is 7.36. The van der Waals surface area contributed by atoms with Crippen molar-refractivity contribution in [3.8, 4) is 5.75 Å². The highest BCUT2D eigenvalue weighted by Crippen LogP contribution is 2.28. The number of benzene rings is 1. The Morgan fingerprint density at radius 2 is 2.12 bits per heavy atom. The first-order valence-electron chi connectivity index (χ1n) is 4.31. The minimum absolute atomic E-state index is 0.0440. The van der Waals surface area contributed by atoms with Crippen molar-refractivity contribution in [1.82, 2.24) is 0 Å². The van der Waals surface area contributed by atoms with Crippen LogP contribution < -0.4 is 4.74 Å². The summed E-state index contributed by atoms with van der Waals surface area (Å²) in [5.41, 5.74) is -0.164. The normalized spacial score (nSPS) is 11.1. The lowest BCUT2D eigenvalue weighted by molar-refractivity contribution is 0.0696. The average Bonchev–Trinajstić information content (AvgIpc) is 2.16. The highest BCUT2D eigenvalue weighted by atomic mass is 35.7. The fraction of sp³-hybridized carbons (Fsp3) is 0.222. The number of rotatable bonds is 4. The summed E-state index contributed by atoms with van der Waals surface area (Å²) >= 11 is 0. The molecule has 0 atom stereocenters. The molecule has 1 rings (SSSR count). The van der Waals surface area contributed by atoms with Gasteiger partial charge in [-0.1, -0.05) is 0 Å². The van der Waals surface area contributed by atoms with Crippen LogP contribution in [-0.2, 0) is 9.05 Å². The third-order valence-corrected chi connectivity index (χ3v) is 3.10. The van der Waals surface area contributed by atoms with E-state index in [9.17, 15) is 13.2 Å². The number of hydrogen-bond acceptors (Lipinski definition) is 4. The maximum atomic E-state index is 11.2. The van der Waals surface area contributed by atoms with E-state index >= 15 is 0 Å². The molecule has 5 nitrogen and oxygen atoms in total. The Morgan fingerprint density at radius 3 is 2.56 bits per heavy atom. The summed E-state index contributed by atoms with van der Waals surface area (Å²) in [6.45, 7) is 1.93. The Kier molecular flexibility index (Phi) is 3.77. The van der Waals surface area contributed by atoms with E-state index in [0.717, 1.165) is 6.07 Å². The lowest BCUT2D eigenvalue weighted by Crippen LogP contribution is -2.03. The highest BCUT2D eigenvalue weighted by molar-refractivity contribution is 8.13. The molecule has 0 radical (unpaired) electrons. The molecule has 1 N–H and O–H groups in total. The third-order valence-electron chi connectivity index (χ3n) is 1.75. The van der Waals surface area contributed by atoms with Crippen molar-refractivity contribution in [3.63, 3.8) is 0 Å². The molecule has 0 saturated carbocycles. The molecule has 7 heteroatoms.